The van der Waals surface area contributed by atoms with Crippen LogP contribution >= 0.6 is 0 Å². The van der Waals surface area contributed by atoms with Crippen molar-refractivity contribution in [2.24, 2.45) is 5.92 Å². The van der Waals surface area contributed by atoms with Crippen LogP contribution in [0.3, 0.4) is 0 Å². The van der Waals surface area contributed by atoms with Gasteiger partial charge in [0.15, 0.2) is 8.32 Å². The maximum atomic E-state index is 9.66. The predicted molar refractivity (Wildman–Crippen MR) is 175 cm³/mol. The van der Waals surface area contributed by atoms with Crippen LogP contribution in [0.1, 0.15) is 64.5 Å². The Morgan fingerprint density at radius 2 is 1.40 bits per heavy atom. The Bertz CT molecular complexity index is 1080. The largest absolute Gasteiger partial charge is 0.411 e. The molecule has 0 aliphatic rings. The Morgan fingerprint density at radius 1 is 0.857 bits per heavy atom. The number of nitrogens with zero attached hydrogens (tertiary/aromatic N) is 1. The lowest BCUT2D eigenvalue weighted by atomic mass is 9.94. The lowest BCUT2D eigenvalue weighted by Gasteiger charge is -2.43. The normalized spacial score (nSPS) is 15.6. The molecule has 0 aromatic heterocycles. The molecule has 2 aromatic carbocycles. The molecule has 2 rings (SSSR count). The van der Waals surface area contributed by atoms with Crippen molar-refractivity contribution in [1.29, 1.82) is 5.26 Å². The van der Waals surface area contributed by atoms with Gasteiger partial charge in [0, 0.05) is 13.0 Å². The molecule has 0 aliphatic carbocycles. The second kappa shape index (κ2) is 18.2. The van der Waals surface area contributed by atoms with E-state index in [4.69, 9.17) is 18.6 Å². The highest BCUT2D eigenvalue weighted by atomic mass is 28.4. The van der Waals surface area contributed by atoms with E-state index in [2.05, 4.69) is 84.3 Å². The van der Waals surface area contributed by atoms with Crippen LogP contribution in [0.2, 0.25) is 18.1 Å². The third-order valence-electron chi connectivity index (χ3n) is 8.10. The second-order valence-electron chi connectivity index (χ2n) is 12.6. The SMILES string of the molecule is C=CC[C@H](O[Si](C)(C)C(C)(C)C)[C@H](O[C@@H](CCOCc1ccccc1)[C@@H](CC=C)OCc1ccccc1)[C@@H](C)CC#N. The molecular formula is C36H53NO4Si. The number of ether oxygens (including phenoxy) is 3. The van der Waals surface area contributed by atoms with E-state index in [1.165, 1.54) is 0 Å². The summed E-state index contributed by atoms with van der Waals surface area (Å²) in [6, 6.07) is 22.7. The summed E-state index contributed by atoms with van der Waals surface area (Å²) in [4.78, 5) is 0. The monoisotopic (exact) mass is 591 g/mol. The fraction of sp³-hybridized carbons (Fsp3) is 0.528. The van der Waals surface area contributed by atoms with Crippen LogP contribution in [0, 0.1) is 17.2 Å². The Labute approximate surface area is 256 Å². The third-order valence-corrected chi connectivity index (χ3v) is 12.6. The molecule has 2 aromatic rings. The molecule has 0 N–H and O–H groups in total. The first kappa shape index (κ1) is 35.7. The van der Waals surface area contributed by atoms with Crippen LogP contribution < -0.4 is 0 Å². The van der Waals surface area contributed by atoms with Crippen LogP contribution in [0.15, 0.2) is 86.0 Å². The topological polar surface area (TPSA) is 60.7 Å². The third kappa shape index (κ3) is 12.0. The molecule has 6 heteroatoms. The van der Waals surface area contributed by atoms with Gasteiger partial charge in [-0.2, -0.15) is 5.26 Å². The van der Waals surface area contributed by atoms with Crippen molar-refractivity contribution in [1.82, 2.24) is 0 Å². The minimum atomic E-state index is -2.14. The Kier molecular flexibility index (Phi) is 15.5. The van der Waals surface area contributed by atoms with E-state index in [9.17, 15) is 5.26 Å². The number of benzene rings is 2. The van der Waals surface area contributed by atoms with Gasteiger partial charge < -0.3 is 18.6 Å². The van der Waals surface area contributed by atoms with E-state index < -0.39 is 8.32 Å². The molecule has 0 unspecified atom stereocenters. The van der Waals surface area contributed by atoms with Gasteiger partial charge in [0.05, 0.1) is 43.7 Å². The zero-order valence-corrected chi connectivity index (χ0v) is 27.8. The summed E-state index contributed by atoms with van der Waals surface area (Å²) >= 11 is 0. The van der Waals surface area contributed by atoms with Gasteiger partial charge in [0.2, 0.25) is 0 Å². The summed E-state index contributed by atoms with van der Waals surface area (Å²) in [5.74, 6) is -0.0454. The number of nitriles is 1. The molecule has 0 bridgehead atoms. The number of hydrogen-bond donors (Lipinski definition) is 0. The summed E-state index contributed by atoms with van der Waals surface area (Å²) in [6.07, 6.45) is 4.99. The quantitative estimate of drug-likeness (QED) is 0.0873. The standard InChI is InChI=1S/C36H53NO4Si/c1-9-17-32(39-28-31-21-15-12-16-22-31)33(24-26-38-27-30-19-13-11-14-20-30)40-35(29(3)23-25-37)34(18-10-2)41-42(7,8)36(4,5)6/h9-16,19-22,29,32-35H,1-2,17-18,23-24,26-28H2,3-8H3/t29-,32+,33-,34-,35+/m0/s1. The molecular weight excluding hydrogens is 538 g/mol. The van der Waals surface area contributed by atoms with Crippen molar-refractivity contribution in [3.8, 4) is 6.07 Å². The van der Waals surface area contributed by atoms with Crippen molar-refractivity contribution in [3.63, 3.8) is 0 Å². The van der Waals surface area contributed by atoms with Gasteiger partial charge in [-0.25, -0.2) is 0 Å². The van der Waals surface area contributed by atoms with E-state index in [1.807, 2.05) is 48.6 Å². The van der Waals surface area contributed by atoms with E-state index >= 15 is 0 Å². The molecule has 0 amide bonds. The Hall–Kier alpha value is -2.53. The molecule has 42 heavy (non-hydrogen) atoms. The number of rotatable bonds is 20. The smallest absolute Gasteiger partial charge is 0.192 e. The predicted octanol–water partition coefficient (Wildman–Crippen LogP) is 9.02. The minimum absolute atomic E-state index is 0.0320. The van der Waals surface area contributed by atoms with Crippen molar-refractivity contribution in [3.05, 3.63) is 97.1 Å². The maximum absolute atomic E-state index is 9.66. The highest BCUT2D eigenvalue weighted by Gasteiger charge is 2.42. The zero-order chi connectivity index (χ0) is 31.0. The maximum Gasteiger partial charge on any atom is 0.192 e. The molecule has 0 fully saturated rings. The first-order valence-corrected chi connectivity index (χ1v) is 18.1. The first-order chi connectivity index (χ1) is 20.0. The fourth-order valence-electron chi connectivity index (χ4n) is 4.59. The lowest BCUT2D eigenvalue weighted by molar-refractivity contribution is -0.152. The van der Waals surface area contributed by atoms with E-state index in [0.717, 1.165) is 11.1 Å². The molecule has 0 spiro atoms. The van der Waals surface area contributed by atoms with E-state index in [1.54, 1.807) is 0 Å². The van der Waals surface area contributed by atoms with E-state index in [0.29, 0.717) is 45.5 Å². The van der Waals surface area contributed by atoms with Gasteiger partial charge >= 0.3 is 0 Å². The second-order valence-corrected chi connectivity index (χ2v) is 17.4. The summed E-state index contributed by atoms with van der Waals surface area (Å²) in [7, 11) is -2.14. The van der Waals surface area contributed by atoms with Gasteiger partial charge in [0.1, 0.15) is 0 Å². The van der Waals surface area contributed by atoms with Gasteiger partial charge in [-0.15, -0.1) is 13.2 Å². The van der Waals surface area contributed by atoms with E-state index in [-0.39, 0.29) is 35.4 Å². The average Bonchev–Trinajstić information content (AvgIpc) is 2.95. The average molecular weight is 592 g/mol. The van der Waals surface area contributed by atoms with Gasteiger partial charge in [-0.05, 0) is 54.4 Å². The van der Waals surface area contributed by atoms with Crippen molar-refractivity contribution >= 4 is 8.32 Å². The van der Waals surface area contributed by atoms with Gasteiger partial charge in [-0.1, -0.05) is 101 Å². The van der Waals surface area contributed by atoms with Crippen LogP contribution in [0.5, 0.6) is 0 Å². The van der Waals surface area contributed by atoms with Crippen LogP contribution in [0.4, 0.5) is 0 Å². The van der Waals surface area contributed by atoms with Crippen LogP contribution in [0.25, 0.3) is 0 Å². The summed E-state index contributed by atoms with van der Waals surface area (Å²) in [5, 5.41) is 9.69. The van der Waals surface area contributed by atoms with Crippen LogP contribution in [-0.4, -0.2) is 39.3 Å². The molecule has 5 atom stereocenters. The highest BCUT2D eigenvalue weighted by Crippen LogP contribution is 2.39. The van der Waals surface area contributed by atoms with Crippen molar-refractivity contribution in [2.45, 2.75) is 109 Å². The molecule has 230 valence electrons. The van der Waals surface area contributed by atoms with Crippen molar-refractivity contribution < 1.29 is 18.6 Å². The summed E-state index contributed by atoms with van der Waals surface area (Å²) in [5.41, 5.74) is 2.23. The fourth-order valence-corrected chi connectivity index (χ4v) is 5.93. The number of hydrogen-bond acceptors (Lipinski definition) is 5. The molecule has 0 heterocycles. The summed E-state index contributed by atoms with van der Waals surface area (Å²) in [6.45, 7) is 22.9. The van der Waals surface area contributed by atoms with Crippen LogP contribution in [-0.2, 0) is 31.9 Å². The summed E-state index contributed by atoms with van der Waals surface area (Å²) < 4.78 is 26.6. The Morgan fingerprint density at radius 3 is 1.93 bits per heavy atom. The highest BCUT2D eigenvalue weighted by molar-refractivity contribution is 6.74. The van der Waals surface area contributed by atoms with Gasteiger partial charge in [0.25, 0.3) is 0 Å². The molecule has 5 nitrogen and oxygen atoms in total. The molecule has 0 saturated carbocycles. The Balaban J connectivity index is 2.35. The molecule has 0 aliphatic heterocycles. The zero-order valence-electron chi connectivity index (χ0n) is 26.8. The first-order valence-electron chi connectivity index (χ1n) is 15.2. The molecule has 0 saturated heterocycles. The lowest BCUT2D eigenvalue weighted by Crippen LogP contribution is -2.50. The minimum Gasteiger partial charge on any atom is -0.411 e. The van der Waals surface area contributed by atoms with Crippen molar-refractivity contribution in [2.75, 3.05) is 6.61 Å². The van der Waals surface area contributed by atoms with Gasteiger partial charge in [-0.3, -0.25) is 0 Å². The molecule has 0 radical (unpaired) electrons.